The van der Waals surface area contributed by atoms with Crippen molar-refractivity contribution in [1.29, 1.82) is 0 Å². The lowest BCUT2D eigenvalue weighted by molar-refractivity contribution is -0.112. The molecule has 0 fully saturated rings. The van der Waals surface area contributed by atoms with E-state index >= 15 is 0 Å². The Balaban J connectivity index is 4.04. The molecule has 8 heavy (non-hydrogen) atoms. The topological polar surface area (TPSA) is 54.4 Å². The van der Waals surface area contributed by atoms with Gasteiger partial charge in [0.25, 0.3) is 7.37 Å². The largest absolute Gasteiger partial charge is 0.339 e. The standard InChI is InChI=1S/C4H9O3P/c1-3-4(5)8(2,6)7/h3H2,1-2H3,(H,6,7). The highest BCUT2D eigenvalue weighted by Gasteiger charge is 2.18. The Labute approximate surface area is 48.2 Å². The molecule has 3 nitrogen and oxygen atoms in total. The Hall–Kier alpha value is -0.140. The molecule has 0 aromatic carbocycles. The molecule has 0 spiro atoms. The van der Waals surface area contributed by atoms with E-state index in [9.17, 15) is 9.36 Å². The normalized spacial score (nSPS) is 17.4. The van der Waals surface area contributed by atoms with Gasteiger partial charge in [0, 0.05) is 13.1 Å². The molecule has 0 radical (unpaired) electrons. The third-order valence-electron chi connectivity index (χ3n) is 0.765. The van der Waals surface area contributed by atoms with Crippen LogP contribution in [0.2, 0.25) is 0 Å². The first-order valence-corrected chi connectivity index (χ1v) is 4.42. The Kier molecular flexibility index (Phi) is 2.38. The summed E-state index contributed by atoms with van der Waals surface area (Å²) in [5, 5.41) is 0. The van der Waals surface area contributed by atoms with Gasteiger partial charge in [0.2, 0.25) is 5.52 Å². The molecular weight excluding hydrogens is 127 g/mol. The molecule has 0 aliphatic carbocycles. The van der Waals surface area contributed by atoms with Crippen LogP contribution in [-0.4, -0.2) is 17.1 Å². The van der Waals surface area contributed by atoms with E-state index < -0.39 is 12.9 Å². The van der Waals surface area contributed by atoms with Crippen LogP contribution < -0.4 is 0 Å². The van der Waals surface area contributed by atoms with Crippen molar-refractivity contribution in [3.63, 3.8) is 0 Å². The highest BCUT2D eigenvalue weighted by molar-refractivity contribution is 7.74. The summed E-state index contributed by atoms with van der Waals surface area (Å²) in [5.74, 6) is 0. The van der Waals surface area contributed by atoms with Crippen LogP contribution in [0.4, 0.5) is 0 Å². The zero-order valence-corrected chi connectivity index (χ0v) is 5.81. The van der Waals surface area contributed by atoms with Crippen molar-refractivity contribution in [3.8, 4) is 0 Å². The van der Waals surface area contributed by atoms with Crippen molar-refractivity contribution in [1.82, 2.24) is 0 Å². The van der Waals surface area contributed by atoms with Gasteiger partial charge >= 0.3 is 0 Å². The molecule has 4 heteroatoms. The highest BCUT2D eigenvalue weighted by atomic mass is 31.2. The van der Waals surface area contributed by atoms with E-state index in [1.807, 2.05) is 0 Å². The van der Waals surface area contributed by atoms with Gasteiger partial charge in [-0.15, -0.1) is 0 Å². The minimum absolute atomic E-state index is 0.143. The van der Waals surface area contributed by atoms with Crippen molar-refractivity contribution in [2.45, 2.75) is 13.3 Å². The zero-order valence-electron chi connectivity index (χ0n) is 4.92. The molecule has 0 heterocycles. The zero-order chi connectivity index (χ0) is 6.78. The Morgan fingerprint density at radius 3 is 2.12 bits per heavy atom. The monoisotopic (exact) mass is 136 g/mol. The molecule has 1 N–H and O–H groups in total. The second-order valence-electron chi connectivity index (χ2n) is 1.63. The average molecular weight is 136 g/mol. The van der Waals surface area contributed by atoms with Gasteiger partial charge < -0.3 is 4.89 Å². The molecule has 0 saturated heterocycles. The lowest BCUT2D eigenvalue weighted by atomic mass is 10.6. The summed E-state index contributed by atoms with van der Waals surface area (Å²) >= 11 is 0. The first-order chi connectivity index (χ1) is 3.48. The maximum Gasteiger partial charge on any atom is 0.261 e. The van der Waals surface area contributed by atoms with Crippen molar-refractivity contribution in [2.75, 3.05) is 6.66 Å². The molecule has 0 aliphatic rings. The van der Waals surface area contributed by atoms with Gasteiger partial charge in [-0.2, -0.15) is 0 Å². The summed E-state index contributed by atoms with van der Waals surface area (Å²) in [5.41, 5.74) is -0.558. The molecule has 0 aromatic rings. The molecule has 0 aromatic heterocycles. The van der Waals surface area contributed by atoms with Gasteiger partial charge in [-0.1, -0.05) is 6.92 Å². The smallest absolute Gasteiger partial charge is 0.261 e. The fraction of sp³-hybridized carbons (Fsp3) is 0.750. The summed E-state index contributed by atoms with van der Waals surface area (Å²) in [7, 11) is -3.40. The Morgan fingerprint density at radius 2 is 2.12 bits per heavy atom. The molecule has 0 saturated carbocycles. The van der Waals surface area contributed by atoms with Gasteiger partial charge in [-0.25, -0.2) is 0 Å². The average Bonchev–Trinajstić information content (AvgIpc) is 1.62. The molecule has 0 rings (SSSR count). The van der Waals surface area contributed by atoms with Crippen LogP contribution in [0.3, 0.4) is 0 Å². The summed E-state index contributed by atoms with van der Waals surface area (Å²) in [6.07, 6.45) is 0.143. The third-order valence-corrected chi connectivity index (χ3v) is 2.01. The maximum absolute atomic E-state index is 10.4. The number of hydrogen-bond donors (Lipinski definition) is 1. The van der Waals surface area contributed by atoms with Crippen LogP contribution >= 0.6 is 7.37 Å². The van der Waals surface area contributed by atoms with Crippen LogP contribution in [0.15, 0.2) is 0 Å². The van der Waals surface area contributed by atoms with E-state index in [-0.39, 0.29) is 6.42 Å². The molecule has 0 amide bonds. The fourth-order valence-corrected chi connectivity index (χ4v) is 0.880. The summed E-state index contributed by atoms with van der Waals surface area (Å²) in [6, 6.07) is 0. The van der Waals surface area contributed by atoms with Crippen LogP contribution in [0, 0.1) is 0 Å². The molecule has 0 bridgehead atoms. The minimum atomic E-state index is -3.40. The van der Waals surface area contributed by atoms with Crippen molar-refractivity contribution in [2.24, 2.45) is 0 Å². The van der Waals surface area contributed by atoms with Gasteiger partial charge in [0.1, 0.15) is 0 Å². The van der Waals surface area contributed by atoms with Gasteiger partial charge in [-0.05, 0) is 0 Å². The molecule has 1 unspecified atom stereocenters. The third kappa shape index (κ3) is 2.24. The molecular formula is C4H9O3P. The first-order valence-electron chi connectivity index (χ1n) is 2.32. The van der Waals surface area contributed by atoms with E-state index in [0.717, 1.165) is 6.66 Å². The van der Waals surface area contributed by atoms with Gasteiger partial charge in [0.05, 0.1) is 0 Å². The SMILES string of the molecule is CCC(=O)P(C)(=O)O. The van der Waals surface area contributed by atoms with Crippen molar-refractivity contribution < 1.29 is 14.3 Å². The van der Waals surface area contributed by atoms with Crippen LogP contribution in [0.1, 0.15) is 13.3 Å². The molecule has 48 valence electrons. The number of carbonyl (C=O) groups is 1. The van der Waals surface area contributed by atoms with E-state index in [2.05, 4.69) is 0 Å². The predicted molar refractivity (Wildman–Crippen MR) is 31.0 cm³/mol. The summed E-state index contributed by atoms with van der Waals surface area (Å²) in [6.45, 7) is 2.62. The first kappa shape index (κ1) is 7.86. The summed E-state index contributed by atoms with van der Waals surface area (Å²) < 4.78 is 10.4. The summed E-state index contributed by atoms with van der Waals surface area (Å²) in [4.78, 5) is 18.8. The quantitative estimate of drug-likeness (QED) is 0.572. The highest BCUT2D eigenvalue weighted by Crippen LogP contribution is 2.37. The maximum atomic E-state index is 10.4. The van der Waals surface area contributed by atoms with Crippen molar-refractivity contribution in [3.05, 3.63) is 0 Å². The van der Waals surface area contributed by atoms with Crippen molar-refractivity contribution >= 4 is 12.9 Å². The van der Waals surface area contributed by atoms with E-state index in [1.54, 1.807) is 6.92 Å². The second-order valence-corrected chi connectivity index (χ2v) is 3.88. The minimum Gasteiger partial charge on any atom is -0.339 e. The number of hydrogen-bond acceptors (Lipinski definition) is 2. The van der Waals surface area contributed by atoms with Crippen LogP contribution in [-0.2, 0) is 9.36 Å². The van der Waals surface area contributed by atoms with E-state index in [0.29, 0.717) is 0 Å². The number of rotatable bonds is 2. The molecule has 1 atom stereocenters. The van der Waals surface area contributed by atoms with Gasteiger partial charge in [0.15, 0.2) is 0 Å². The van der Waals surface area contributed by atoms with Crippen LogP contribution in [0.25, 0.3) is 0 Å². The number of carbonyl (C=O) groups excluding carboxylic acids is 1. The van der Waals surface area contributed by atoms with E-state index in [1.165, 1.54) is 0 Å². The second kappa shape index (κ2) is 2.42. The fourth-order valence-electron chi connectivity index (χ4n) is 0.293. The Bertz CT molecular complexity index is 134. The predicted octanol–water partition coefficient (Wildman–Crippen LogP) is 0.823. The lowest BCUT2D eigenvalue weighted by Gasteiger charge is -1.97. The van der Waals surface area contributed by atoms with E-state index in [4.69, 9.17) is 4.89 Å². The Morgan fingerprint density at radius 1 is 1.75 bits per heavy atom. The van der Waals surface area contributed by atoms with Gasteiger partial charge in [-0.3, -0.25) is 9.36 Å². The van der Waals surface area contributed by atoms with Crippen LogP contribution in [0.5, 0.6) is 0 Å². The molecule has 0 aliphatic heterocycles. The lowest BCUT2D eigenvalue weighted by Crippen LogP contribution is -1.93.